The summed E-state index contributed by atoms with van der Waals surface area (Å²) in [7, 11) is 0. The SMILES string of the molecule is CCn1nc(C)cc1C(=O)NCCOc1cccc(Cn2cnc3ccccc32)c1C. The molecule has 0 aliphatic heterocycles. The molecule has 160 valence electrons. The van der Waals surface area contributed by atoms with E-state index in [2.05, 4.69) is 39.0 Å². The largest absolute Gasteiger partial charge is 0.491 e. The lowest BCUT2D eigenvalue weighted by Crippen LogP contribution is -2.30. The molecule has 4 rings (SSSR count). The number of hydrogen-bond acceptors (Lipinski definition) is 4. The summed E-state index contributed by atoms with van der Waals surface area (Å²) < 4.78 is 9.82. The standard InChI is InChI=1S/C24H27N5O2/c1-4-29-22(14-17(2)27-29)24(30)25-12-13-31-23-11-7-8-19(18(23)3)15-28-16-26-20-9-5-6-10-21(20)28/h5-11,14,16H,4,12-13,15H2,1-3H3,(H,25,30). The summed E-state index contributed by atoms with van der Waals surface area (Å²) in [5.74, 6) is 0.689. The number of nitrogens with one attached hydrogen (secondary N) is 1. The topological polar surface area (TPSA) is 74.0 Å². The Labute approximate surface area is 181 Å². The molecule has 0 bridgehead atoms. The third-order valence-electron chi connectivity index (χ3n) is 5.34. The molecule has 1 N–H and O–H groups in total. The van der Waals surface area contributed by atoms with Crippen molar-refractivity contribution in [2.24, 2.45) is 0 Å². The molecular formula is C24H27N5O2. The van der Waals surface area contributed by atoms with Crippen LogP contribution in [0.4, 0.5) is 0 Å². The number of aromatic nitrogens is 4. The summed E-state index contributed by atoms with van der Waals surface area (Å²) in [5.41, 5.74) is 5.77. The van der Waals surface area contributed by atoms with E-state index in [4.69, 9.17) is 4.74 Å². The first-order chi connectivity index (χ1) is 15.1. The highest BCUT2D eigenvalue weighted by atomic mass is 16.5. The predicted molar refractivity (Wildman–Crippen MR) is 120 cm³/mol. The van der Waals surface area contributed by atoms with Gasteiger partial charge in [0.1, 0.15) is 18.1 Å². The van der Waals surface area contributed by atoms with Gasteiger partial charge in [-0.3, -0.25) is 9.48 Å². The number of rotatable bonds is 8. The van der Waals surface area contributed by atoms with Gasteiger partial charge in [0.05, 0.1) is 29.6 Å². The molecule has 0 atom stereocenters. The van der Waals surface area contributed by atoms with Crippen molar-refractivity contribution in [3.8, 4) is 5.75 Å². The molecule has 0 saturated heterocycles. The van der Waals surface area contributed by atoms with Crippen LogP contribution in [0.3, 0.4) is 0 Å². The molecule has 0 unspecified atom stereocenters. The van der Waals surface area contributed by atoms with Gasteiger partial charge in [-0.15, -0.1) is 0 Å². The van der Waals surface area contributed by atoms with Crippen LogP contribution in [-0.2, 0) is 13.1 Å². The van der Waals surface area contributed by atoms with Crippen LogP contribution in [0.5, 0.6) is 5.75 Å². The van der Waals surface area contributed by atoms with Crippen molar-refractivity contribution in [3.63, 3.8) is 0 Å². The molecule has 7 nitrogen and oxygen atoms in total. The van der Waals surface area contributed by atoms with Crippen molar-refractivity contribution in [1.82, 2.24) is 24.6 Å². The Hall–Kier alpha value is -3.61. The summed E-state index contributed by atoms with van der Waals surface area (Å²) in [6, 6.07) is 16.0. The van der Waals surface area contributed by atoms with Crippen LogP contribution in [0.25, 0.3) is 11.0 Å². The summed E-state index contributed by atoms with van der Waals surface area (Å²) in [4.78, 5) is 16.9. The second kappa shape index (κ2) is 9.04. The van der Waals surface area contributed by atoms with Crippen molar-refractivity contribution in [2.75, 3.05) is 13.2 Å². The zero-order valence-corrected chi connectivity index (χ0v) is 18.1. The fourth-order valence-corrected chi connectivity index (χ4v) is 3.69. The van der Waals surface area contributed by atoms with E-state index in [0.29, 0.717) is 25.4 Å². The number of hydrogen-bond donors (Lipinski definition) is 1. The van der Waals surface area contributed by atoms with Gasteiger partial charge in [0, 0.05) is 13.1 Å². The Balaban J connectivity index is 1.37. The summed E-state index contributed by atoms with van der Waals surface area (Å²) in [6.45, 7) is 8.10. The third-order valence-corrected chi connectivity index (χ3v) is 5.34. The molecule has 0 fully saturated rings. The first-order valence-corrected chi connectivity index (χ1v) is 10.5. The van der Waals surface area contributed by atoms with Gasteiger partial charge in [0.15, 0.2) is 0 Å². The van der Waals surface area contributed by atoms with Crippen molar-refractivity contribution in [1.29, 1.82) is 0 Å². The van der Waals surface area contributed by atoms with E-state index in [9.17, 15) is 4.79 Å². The number of carbonyl (C=O) groups is 1. The van der Waals surface area contributed by atoms with Gasteiger partial charge < -0.3 is 14.6 Å². The zero-order valence-electron chi connectivity index (χ0n) is 18.1. The molecule has 0 saturated carbocycles. The maximum Gasteiger partial charge on any atom is 0.269 e. The Morgan fingerprint density at radius 2 is 1.97 bits per heavy atom. The third kappa shape index (κ3) is 4.45. The lowest BCUT2D eigenvalue weighted by atomic mass is 10.1. The first kappa shape index (κ1) is 20.7. The minimum atomic E-state index is -0.136. The molecule has 0 aliphatic rings. The maximum absolute atomic E-state index is 12.4. The highest BCUT2D eigenvalue weighted by molar-refractivity contribution is 5.92. The number of fused-ring (bicyclic) bond motifs is 1. The van der Waals surface area contributed by atoms with E-state index in [0.717, 1.165) is 34.6 Å². The number of ether oxygens (including phenoxy) is 1. The summed E-state index contributed by atoms with van der Waals surface area (Å²) in [6.07, 6.45) is 1.87. The predicted octanol–water partition coefficient (Wildman–Crippen LogP) is 3.73. The van der Waals surface area contributed by atoms with Crippen LogP contribution in [0.2, 0.25) is 0 Å². The van der Waals surface area contributed by atoms with Crippen molar-refractivity contribution >= 4 is 16.9 Å². The number of benzene rings is 2. The van der Waals surface area contributed by atoms with E-state index in [1.165, 1.54) is 5.56 Å². The number of aryl methyl sites for hydroxylation is 2. The smallest absolute Gasteiger partial charge is 0.269 e. The molecule has 7 heteroatoms. The van der Waals surface area contributed by atoms with Crippen molar-refractivity contribution in [3.05, 3.63) is 77.4 Å². The quantitative estimate of drug-likeness (QED) is 0.444. The van der Waals surface area contributed by atoms with Gasteiger partial charge in [-0.25, -0.2) is 4.98 Å². The van der Waals surface area contributed by atoms with Gasteiger partial charge in [0.2, 0.25) is 0 Å². The number of amides is 1. The fraction of sp³-hybridized carbons (Fsp3) is 0.292. The number of nitrogens with zero attached hydrogens (tertiary/aromatic N) is 4. The Kier molecular flexibility index (Phi) is 6.02. The minimum absolute atomic E-state index is 0.136. The molecule has 0 radical (unpaired) electrons. The molecule has 4 aromatic rings. The lowest BCUT2D eigenvalue weighted by molar-refractivity contribution is 0.0936. The fourth-order valence-electron chi connectivity index (χ4n) is 3.69. The monoisotopic (exact) mass is 417 g/mol. The number of carbonyl (C=O) groups excluding carboxylic acids is 1. The highest BCUT2D eigenvalue weighted by Gasteiger charge is 2.13. The van der Waals surface area contributed by atoms with Gasteiger partial charge in [-0.2, -0.15) is 5.10 Å². The molecule has 1 amide bonds. The van der Waals surface area contributed by atoms with Crippen LogP contribution < -0.4 is 10.1 Å². The number of imidazole rings is 1. The zero-order chi connectivity index (χ0) is 21.8. The molecule has 2 aromatic carbocycles. The van der Waals surface area contributed by atoms with E-state index in [1.54, 1.807) is 10.7 Å². The molecular weight excluding hydrogens is 390 g/mol. The summed E-state index contributed by atoms with van der Waals surface area (Å²) >= 11 is 0. The summed E-state index contributed by atoms with van der Waals surface area (Å²) in [5, 5.41) is 7.23. The average Bonchev–Trinajstić information content (AvgIpc) is 3.36. The van der Waals surface area contributed by atoms with E-state index < -0.39 is 0 Å². The van der Waals surface area contributed by atoms with Crippen LogP contribution in [0.1, 0.15) is 34.2 Å². The van der Waals surface area contributed by atoms with Crippen LogP contribution in [-0.4, -0.2) is 38.4 Å². The molecule has 0 aliphatic carbocycles. The molecule has 2 heterocycles. The second-order valence-electron chi connectivity index (χ2n) is 7.49. The molecule has 31 heavy (non-hydrogen) atoms. The van der Waals surface area contributed by atoms with E-state index in [-0.39, 0.29) is 5.91 Å². The van der Waals surface area contributed by atoms with Gasteiger partial charge in [0.25, 0.3) is 5.91 Å². The maximum atomic E-state index is 12.4. The highest BCUT2D eigenvalue weighted by Crippen LogP contribution is 2.23. The van der Waals surface area contributed by atoms with Gasteiger partial charge >= 0.3 is 0 Å². The normalized spacial score (nSPS) is 11.1. The molecule has 2 aromatic heterocycles. The molecule has 0 spiro atoms. The van der Waals surface area contributed by atoms with Gasteiger partial charge in [-0.05, 0) is 56.2 Å². The Bertz CT molecular complexity index is 1210. The van der Waals surface area contributed by atoms with E-state index in [1.807, 2.05) is 50.5 Å². The van der Waals surface area contributed by atoms with Crippen LogP contribution in [0, 0.1) is 13.8 Å². The average molecular weight is 418 g/mol. The van der Waals surface area contributed by atoms with Crippen molar-refractivity contribution < 1.29 is 9.53 Å². The second-order valence-corrected chi connectivity index (χ2v) is 7.49. The lowest BCUT2D eigenvalue weighted by Gasteiger charge is -2.14. The van der Waals surface area contributed by atoms with Crippen molar-refractivity contribution in [2.45, 2.75) is 33.9 Å². The van der Waals surface area contributed by atoms with E-state index >= 15 is 0 Å². The Morgan fingerprint density at radius 3 is 2.81 bits per heavy atom. The number of para-hydroxylation sites is 2. The minimum Gasteiger partial charge on any atom is -0.491 e. The Morgan fingerprint density at radius 1 is 1.13 bits per heavy atom. The van der Waals surface area contributed by atoms with Crippen LogP contribution >= 0.6 is 0 Å². The van der Waals surface area contributed by atoms with Gasteiger partial charge in [-0.1, -0.05) is 24.3 Å². The van der Waals surface area contributed by atoms with Crippen LogP contribution in [0.15, 0.2) is 54.9 Å². The first-order valence-electron chi connectivity index (χ1n) is 10.5.